The summed E-state index contributed by atoms with van der Waals surface area (Å²) in [6.45, 7) is 5.61. The number of rotatable bonds is 4. The Balaban J connectivity index is 2.96. The van der Waals surface area contributed by atoms with Gasteiger partial charge in [0.25, 0.3) is 0 Å². The first-order valence-electron chi connectivity index (χ1n) is 7.25. The zero-order chi connectivity index (χ0) is 17.6. The number of carbonyl (C=O) groups is 2. The highest BCUT2D eigenvalue weighted by atomic mass is 16.7. The molecular weight excluding hydrogens is 300 g/mol. The van der Waals surface area contributed by atoms with Gasteiger partial charge >= 0.3 is 12.2 Å². The van der Waals surface area contributed by atoms with Gasteiger partial charge < -0.3 is 24.8 Å². The van der Waals surface area contributed by atoms with Crippen LogP contribution in [0.5, 0.6) is 11.5 Å². The molecule has 0 atom stereocenters. The van der Waals surface area contributed by atoms with Crippen molar-refractivity contribution in [3.05, 3.63) is 23.8 Å². The van der Waals surface area contributed by atoms with Crippen LogP contribution in [0.4, 0.5) is 9.59 Å². The lowest BCUT2D eigenvalue weighted by molar-refractivity contribution is 0.0204. The van der Waals surface area contributed by atoms with Crippen LogP contribution in [-0.2, 0) is 11.2 Å². The molecule has 1 aromatic carbocycles. The first kappa shape index (κ1) is 18.8. The second-order valence-electron chi connectivity index (χ2n) is 6.14. The van der Waals surface area contributed by atoms with E-state index in [1.165, 1.54) is 11.0 Å². The number of nitrogens with zero attached hydrogens (tertiary/aromatic N) is 1. The van der Waals surface area contributed by atoms with E-state index in [9.17, 15) is 9.59 Å². The zero-order valence-electron chi connectivity index (χ0n) is 14.2. The maximum absolute atomic E-state index is 11.8. The van der Waals surface area contributed by atoms with Crippen molar-refractivity contribution in [2.75, 3.05) is 20.6 Å². The van der Waals surface area contributed by atoms with Crippen molar-refractivity contribution < 1.29 is 23.8 Å². The minimum absolute atomic E-state index is 0.258. The molecule has 7 nitrogen and oxygen atoms in total. The van der Waals surface area contributed by atoms with Gasteiger partial charge in [0.1, 0.15) is 17.1 Å². The first-order valence-corrected chi connectivity index (χ1v) is 7.25. The summed E-state index contributed by atoms with van der Waals surface area (Å²) in [6, 6.07) is 4.79. The molecule has 2 N–H and O–H groups in total. The molecule has 0 saturated heterocycles. The summed E-state index contributed by atoms with van der Waals surface area (Å²) in [5.74, 6) is 0.525. The van der Waals surface area contributed by atoms with Crippen molar-refractivity contribution in [2.24, 2.45) is 5.73 Å². The minimum atomic E-state index is -0.827. The first-order chi connectivity index (χ1) is 10.6. The van der Waals surface area contributed by atoms with Gasteiger partial charge in [0.2, 0.25) is 0 Å². The van der Waals surface area contributed by atoms with Crippen LogP contribution in [0.2, 0.25) is 0 Å². The van der Waals surface area contributed by atoms with E-state index in [1.54, 1.807) is 47.0 Å². The molecule has 1 amide bonds. The number of ether oxygens (including phenoxy) is 3. The number of benzene rings is 1. The minimum Gasteiger partial charge on any atom is -0.428 e. The van der Waals surface area contributed by atoms with Crippen LogP contribution in [0.25, 0.3) is 0 Å². The van der Waals surface area contributed by atoms with Gasteiger partial charge in [0, 0.05) is 20.2 Å². The summed E-state index contributed by atoms with van der Waals surface area (Å²) in [6.07, 6.45) is -0.841. The lowest BCUT2D eigenvalue weighted by atomic mass is 10.1. The predicted octanol–water partition coefficient (Wildman–Crippen LogP) is 2.56. The van der Waals surface area contributed by atoms with E-state index in [-0.39, 0.29) is 11.5 Å². The van der Waals surface area contributed by atoms with Crippen LogP contribution in [0.15, 0.2) is 18.2 Å². The molecule has 0 aliphatic rings. The highest BCUT2D eigenvalue weighted by molar-refractivity contribution is 5.71. The largest absolute Gasteiger partial charge is 0.514 e. The third-order valence-corrected chi connectivity index (χ3v) is 2.61. The van der Waals surface area contributed by atoms with E-state index in [0.717, 1.165) is 5.56 Å². The van der Waals surface area contributed by atoms with Gasteiger partial charge in [-0.15, -0.1) is 0 Å². The molecule has 7 heteroatoms. The summed E-state index contributed by atoms with van der Waals surface area (Å²) in [5, 5.41) is 0. The normalized spacial score (nSPS) is 10.9. The van der Waals surface area contributed by atoms with Crippen molar-refractivity contribution in [3.63, 3.8) is 0 Å². The standard InChI is InChI=1S/C16H24N2O5/c1-16(2,3)23-15(20)22-13-10-12(21-14(19)18(4)5)7-6-11(13)8-9-17/h6-7,10H,8-9,17H2,1-5H3. The molecule has 0 saturated carbocycles. The molecular formula is C16H24N2O5. The number of carbonyl (C=O) groups excluding carboxylic acids is 2. The van der Waals surface area contributed by atoms with Gasteiger partial charge in [0.05, 0.1) is 0 Å². The smallest absolute Gasteiger partial charge is 0.428 e. The average molecular weight is 324 g/mol. The van der Waals surface area contributed by atoms with Crippen LogP contribution in [0, 0.1) is 0 Å². The molecule has 0 aromatic heterocycles. The topological polar surface area (TPSA) is 91.1 Å². The number of amides is 1. The second-order valence-corrected chi connectivity index (χ2v) is 6.14. The van der Waals surface area contributed by atoms with Gasteiger partial charge in [0.15, 0.2) is 0 Å². The second kappa shape index (κ2) is 7.82. The summed E-state index contributed by atoms with van der Waals surface area (Å²) in [5.41, 5.74) is 5.62. The van der Waals surface area contributed by atoms with E-state index in [2.05, 4.69) is 0 Å². The number of nitrogens with two attached hydrogens (primary N) is 1. The molecule has 0 aliphatic heterocycles. The molecule has 1 rings (SSSR count). The molecule has 0 unspecified atom stereocenters. The van der Waals surface area contributed by atoms with Gasteiger partial charge in [-0.05, 0) is 45.4 Å². The monoisotopic (exact) mass is 324 g/mol. The quantitative estimate of drug-likeness (QED) is 0.676. The Kier molecular flexibility index (Phi) is 6.38. The molecule has 128 valence electrons. The third kappa shape index (κ3) is 6.56. The van der Waals surface area contributed by atoms with Gasteiger partial charge in [-0.25, -0.2) is 9.59 Å². The van der Waals surface area contributed by atoms with E-state index >= 15 is 0 Å². The Morgan fingerprint density at radius 1 is 1.17 bits per heavy atom. The molecule has 0 bridgehead atoms. The van der Waals surface area contributed by atoms with E-state index < -0.39 is 17.8 Å². The van der Waals surface area contributed by atoms with Crippen LogP contribution >= 0.6 is 0 Å². The number of hydrogen-bond acceptors (Lipinski definition) is 6. The van der Waals surface area contributed by atoms with E-state index in [4.69, 9.17) is 19.9 Å². The van der Waals surface area contributed by atoms with Crippen molar-refractivity contribution in [3.8, 4) is 11.5 Å². The van der Waals surface area contributed by atoms with Gasteiger partial charge in [-0.2, -0.15) is 0 Å². The molecule has 0 fully saturated rings. The molecule has 0 aliphatic carbocycles. The number of hydrogen-bond donors (Lipinski definition) is 1. The SMILES string of the molecule is CN(C)C(=O)Oc1ccc(CCN)c(OC(=O)OC(C)(C)C)c1. The summed E-state index contributed by atoms with van der Waals surface area (Å²) < 4.78 is 15.5. The maximum atomic E-state index is 11.8. The maximum Gasteiger partial charge on any atom is 0.514 e. The predicted molar refractivity (Wildman–Crippen MR) is 85.8 cm³/mol. The Labute approximate surface area is 136 Å². The highest BCUT2D eigenvalue weighted by Gasteiger charge is 2.20. The van der Waals surface area contributed by atoms with E-state index in [1.807, 2.05) is 0 Å². The van der Waals surface area contributed by atoms with Crippen molar-refractivity contribution in [1.82, 2.24) is 4.90 Å². The Morgan fingerprint density at radius 3 is 2.35 bits per heavy atom. The van der Waals surface area contributed by atoms with Crippen LogP contribution < -0.4 is 15.2 Å². The fraction of sp³-hybridized carbons (Fsp3) is 0.500. The Bertz CT molecular complexity index is 564. The molecule has 1 aromatic rings. The highest BCUT2D eigenvalue weighted by Crippen LogP contribution is 2.26. The van der Waals surface area contributed by atoms with Gasteiger partial charge in [-0.3, -0.25) is 0 Å². The lowest BCUT2D eigenvalue weighted by Crippen LogP contribution is -2.26. The summed E-state index contributed by atoms with van der Waals surface area (Å²) >= 11 is 0. The molecule has 0 radical (unpaired) electrons. The Hall–Kier alpha value is -2.28. The fourth-order valence-electron chi connectivity index (χ4n) is 1.61. The fourth-order valence-corrected chi connectivity index (χ4v) is 1.61. The average Bonchev–Trinajstić information content (AvgIpc) is 2.39. The van der Waals surface area contributed by atoms with E-state index in [0.29, 0.717) is 13.0 Å². The lowest BCUT2D eigenvalue weighted by Gasteiger charge is -2.19. The zero-order valence-corrected chi connectivity index (χ0v) is 14.2. The van der Waals surface area contributed by atoms with Crippen molar-refractivity contribution in [2.45, 2.75) is 32.8 Å². The van der Waals surface area contributed by atoms with Crippen LogP contribution in [-0.4, -0.2) is 43.4 Å². The van der Waals surface area contributed by atoms with Crippen LogP contribution in [0.3, 0.4) is 0 Å². The summed E-state index contributed by atoms with van der Waals surface area (Å²) in [4.78, 5) is 24.7. The molecule has 23 heavy (non-hydrogen) atoms. The molecule has 0 spiro atoms. The third-order valence-electron chi connectivity index (χ3n) is 2.61. The van der Waals surface area contributed by atoms with Crippen molar-refractivity contribution >= 4 is 12.2 Å². The Morgan fingerprint density at radius 2 is 1.83 bits per heavy atom. The van der Waals surface area contributed by atoms with Crippen molar-refractivity contribution in [1.29, 1.82) is 0 Å². The van der Waals surface area contributed by atoms with Gasteiger partial charge in [-0.1, -0.05) is 6.07 Å². The molecule has 0 heterocycles. The summed E-state index contributed by atoms with van der Waals surface area (Å²) in [7, 11) is 3.15. The van der Waals surface area contributed by atoms with Crippen LogP contribution in [0.1, 0.15) is 26.3 Å².